The van der Waals surface area contributed by atoms with Crippen LogP contribution in [-0.4, -0.2) is 38.8 Å². The van der Waals surface area contributed by atoms with Gasteiger partial charge in [0.05, 0.1) is 12.0 Å². The van der Waals surface area contributed by atoms with E-state index >= 15 is 0 Å². The first-order valence-corrected chi connectivity index (χ1v) is 9.40. The molecule has 0 aliphatic carbocycles. The smallest absolute Gasteiger partial charge is 0.189 e. The van der Waals surface area contributed by atoms with Crippen LogP contribution in [0.3, 0.4) is 0 Å². The fraction of sp³-hybridized carbons (Fsp3) is 1.00. The second-order valence-electron chi connectivity index (χ2n) is 4.08. The van der Waals surface area contributed by atoms with Crippen LogP contribution in [0.5, 0.6) is 0 Å². The lowest BCUT2D eigenvalue weighted by atomic mass is 10.0. The minimum Gasteiger partial charge on any atom is -0.393 e. The number of hydrogen-bond acceptors (Lipinski definition) is 1. The maximum absolute atomic E-state index is 9.19. The van der Waals surface area contributed by atoms with Gasteiger partial charge in [-0.05, 0) is 6.42 Å². The molecule has 0 aromatic rings. The largest absolute Gasteiger partial charge is 0.393 e. The maximum atomic E-state index is 9.19. The van der Waals surface area contributed by atoms with Gasteiger partial charge >= 0.3 is 0 Å². The highest BCUT2D eigenvalue weighted by Crippen LogP contribution is 2.66. The van der Waals surface area contributed by atoms with E-state index in [2.05, 4.69) is 0 Å². The zero-order valence-corrected chi connectivity index (χ0v) is 18.4. The Morgan fingerprint density at radius 1 is 0.762 bits per heavy atom. The second-order valence-corrected chi connectivity index (χ2v) is 11.5. The molecule has 1 nitrogen and oxygen atoms in total. The summed E-state index contributed by atoms with van der Waals surface area (Å²) in [6.07, 6.45) is 0.268. The Morgan fingerprint density at radius 2 is 1.14 bits per heavy atom. The molecule has 0 saturated heterocycles. The Labute approximate surface area is 178 Å². The molecule has 0 saturated carbocycles. The fourth-order valence-corrected chi connectivity index (χ4v) is 4.49. The van der Waals surface area contributed by atoms with E-state index in [0.29, 0.717) is 0 Å². The summed E-state index contributed by atoms with van der Waals surface area (Å²) >= 11 is 66.3. The number of hydrogen-bond donors (Lipinski definition) is 1. The van der Waals surface area contributed by atoms with Gasteiger partial charge in [-0.3, -0.25) is 0 Å². The first-order chi connectivity index (χ1) is 9.04. The van der Waals surface area contributed by atoms with Gasteiger partial charge in [0.15, 0.2) is 21.7 Å². The van der Waals surface area contributed by atoms with Crippen LogP contribution in [0.4, 0.5) is 0 Å². The summed E-state index contributed by atoms with van der Waals surface area (Å²) in [5.41, 5.74) is 0. The Hall–Kier alpha value is 3.15. The van der Waals surface area contributed by atoms with Crippen LogP contribution in [0.25, 0.3) is 0 Å². The number of rotatable bonds is 7. The van der Waals surface area contributed by atoms with E-state index in [1.54, 1.807) is 6.92 Å². The van der Waals surface area contributed by atoms with Crippen molar-refractivity contribution in [1.29, 1.82) is 0 Å². The molecule has 0 aromatic heterocycles. The number of alkyl halides is 11. The minimum absolute atomic E-state index is 0.268. The standard InChI is InChI=1S/C9H9Cl11O/c1-2-4(10)6(13,14)8(17,18)9(19,20)7(15,16)5(11,12)3-21/h4,21H,2-3H2,1H3. The minimum atomic E-state index is -2.52. The molecule has 1 atom stereocenters. The Kier molecular flexibility index (Phi) is 8.97. The Balaban J connectivity index is 6.00. The summed E-state index contributed by atoms with van der Waals surface area (Å²) in [4.78, 5) is 0. The molecular formula is C9H9Cl11O. The van der Waals surface area contributed by atoms with Crippen molar-refractivity contribution in [3.8, 4) is 0 Å². The molecule has 1 unspecified atom stereocenters. The average Bonchev–Trinajstić information content (AvgIpc) is 2.36. The highest BCUT2D eigenvalue weighted by Gasteiger charge is 2.74. The van der Waals surface area contributed by atoms with Crippen molar-refractivity contribution in [1.82, 2.24) is 0 Å². The third-order valence-electron chi connectivity index (χ3n) is 2.62. The summed E-state index contributed by atoms with van der Waals surface area (Å²) < 4.78 is -11.7. The topological polar surface area (TPSA) is 20.2 Å². The lowest BCUT2D eigenvalue weighted by molar-refractivity contribution is 0.262. The van der Waals surface area contributed by atoms with Gasteiger partial charge in [-0.15, -0.1) is 11.6 Å². The van der Waals surface area contributed by atoms with Gasteiger partial charge in [0.2, 0.25) is 0 Å². The lowest BCUT2D eigenvalue weighted by Gasteiger charge is -2.50. The molecule has 21 heavy (non-hydrogen) atoms. The highest BCUT2D eigenvalue weighted by molar-refractivity contribution is 6.76. The van der Waals surface area contributed by atoms with E-state index in [-0.39, 0.29) is 6.42 Å². The number of aliphatic hydroxyl groups excluding tert-OH is 1. The first-order valence-electron chi connectivity index (χ1n) is 5.18. The third-order valence-corrected chi connectivity index (χ3v) is 10.4. The van der Waals surface area contributed by atoms with Crippen LogP contribution >= 0.6 is 128 Å². The highest BCUT2D eigenvalue weighted by atomic mass is 35.6. The van der Waals surface area contributed by atoms with Crippen LogP contribution in [0.15, 0.2) is 0 Å². The SMILES string of the molecule is CCC(Cl)C(Cl)(Cl)C(Cl)(Cl)C(Cl)(Cl)C(Cl)(Cl)C(Cl)(Cl)CO. The van der Waals surface area contributed by atoms with E-state index in [0.717, 1.165) is 0 Å². The quantitative estimate of drug-likeness (QED) is 0.362. The molecule has 0 aliphatic heterocycles. The molecule has 12 heteroatoms. The van der Waals surface area contributed by atoms with Crippen molar-refractivity contribution >= 4 is 128 Å². The second kappa shape index (κ2) is 7.80. The number of halogens is 11. The molecule has 128 valence electrons. The summed E-state index contributed by atoms with van der Waals surface area (Å²) in [7, 11) is 0. The van der Waals surface area contributed by atoms with Crippen molar-refractivity contribution in [2.45, 2.75) is 40.4 Å². The molecule has 0 aromatic carbocycles. The predicted molar refractivity (Wildman–Crippen MR) is 99.2 cm³/mol. The van der Waals surface area contributed by atoms with Crippen LogP contribution in [0.2, 0.25) is 0 Å². The first kappa shape index (κ1) is 24.1. The molecule has 0 amide bonds. The van der Waals surface area contributed by atoms with Gasteiger partial charge in [-0.2, -0.15) is 0 Å². The zero-order valence-electron chi connectivity index (χ0n) is 10.1. The molecule has 0 fully saturated rings. The van der Waals surface area contributed by atoms with Crippen molar-refractivity contribution in [2.75, 3.05) is 6.61 Å². The van der Waals surface area contributed by atoms with Crippen molar-refractivity contribution < 1.29 is 5.11 Å². The van der Waals surface area contributed by atoms with E-state index in [9.17, 15) is 5.11 Å². The average molecular weight is 523 g/mol. The van der Waals surface area contributed by atoms with Gasteiger partial charge < -0.3 is 5.11 Å². The Morgan fingerprint density at radius 3 is 1.43 bits per heavy atom. The van der Waals surface area contributed by atoms with Crippen molar-refractivity contribution in [3.05, 3.63) is 0 Å². The monoisotopic (exact) mass is 518 g/mol. The summed E-state index contributed by atoms with van der Waals surface area (Å²) in [5.74, 6) is 0. The van der Waals surface area contributed by atoms with Crippen LogP contribution in [0.1, 0.15) is 13.3 Å². The molecule has 0 rings (SSSR count). The molecule has 0 heterocycles. The maximum Gasteiger partial charge on any atom is 0.189 e. The molecule has 0 aliphatic rings. The van der Waals surface area contributed by atoms with Crippen molar-refractivity contribution in [3.63, 3.8) is 0 Å². The van der Waals surface area contributed by atoms with Gasteiger partial charge in [-0.25, -0.2) is 0 Å². The lowest BCUT2D eigenvalue weighted by Crippen LogP contribution is -2.65. The number of aliphatic hydroxyl groups is 1. The molecule has 1 N–H and O–H groups in total. The molecular weight excluding hydrogens is 514 g/mol. The predicted octanol–water partition coefficient (Wildman–Crippen LogP) is 6.87. The van der Waals surface area contributed by atoms with E-state index in [1.807, 2.05) is 0 Å². The van der Waals surface area contributed by atoms with E-state index in [1.165, 1.54) is 0 Å². The molecule has 0 radical (unpaired) electrons. The Bertz CT molecular complexity index is 365. The van der Waals surface area contributed by atoms with Gasteiger partial charge in [0, 0.05) is 0 Å². The van der Waals surface area contributed by atoms with Crippen LogP contribution < -0.4 is 0 Å². The van der Waals surface area contributed by atoms with Gasteiger partial charge in [0.1, 0.15) is 0 Å². The van der Waals surface area contributed by atoms with E-state index < -0.39 is 33.7 Å². The summed E-state index contributed by atoms with van der Waals surface area (Å²) in [5, 5.41) is 8.22. The van der Waals surface area contributed by atoms with Crippen molar-refractivity contribution in [2.24, 2.45) is 0 Å². The summed E-state index contributed by atoms with van der Waals surface area (Å²) in [6, 6.07) is 0. The van der Waals surface area contributed by atoms with Gasteiger partial charge in [-0.1, -0.05) is 123 Å². The summed E-state index contributed by atoms with van der Waals surface area (Å²) in [6.45, 7) is 0.755. The molecule has 0 bridgehead atoms. The van der Waals surface area contributed by atoms with Crippen LogP contribution in [-0.2, 0) is 0 Å². The fourth-order valence-electron chi connectivity index (χ4n) is 1.19. The van der Waals surface area contributed by atoms with Gasteiger partial charge in [0.25, 0.3) is 0 Å². The zero-order chi connectivity index (χ0) is 17.5. The van der Waals surface area contributed by atoms with Crippen LogP contribution in [0, 0.1) is 0 Å². The molecule has 0 spiro atoms. The third kappa shape index (κ3) is 4.12. The van der Waals surface area contributed by atoms with E-state index in [4.69, 9.17) is 128 Å². The normalized spacial score (nSPS) is 17.0.